The van der Waals surface area contributed by atoms with Gasteiger partial charge in [-0.15, -0.1) is 11.3 Å². The number of rotatable bonds is 3. The Balaban J connectivity index is 2.73. The fourth-order valence-electron chi connectivity index (χ4n) is 1.62. The molecule has 0 amide bonds. The Hall–Kier alpha value is -1.36. The molecule has 0 aliphatic heterocycles. The molecule has 16 heavy (non-hydrogen) atoms. The summed E-state index contributed by atoms with van der Waals surface area (Å²) in [5.41, 5.74) is 2.37. The van der Waals surface area contributed by atoms with E-state index in [0.29, 0.717) is 5.95 Å². The molecular weight excluding hydrogens is 220 g/mol. The Bertz CT molecular complexity index is 504. The van der Waals surface area contributed by atoms with Gasteiger partial charge in [-0.3, -0.25) is 0 Å². The predicted octanol–water partition coefficient (Wildman–Crippen LogP) is 2.36. The fraction of sp³-hybridized carbons (Fsp3) is 0.455. The van der Waals surface area contributed by atoms with Crippen molar-refractivity contribution in [3.8, 4) is 0 Å². The van der Waals surface area contributed by atoms with Gasteiger partial charge in [-0.1, -0.05) is 6.92 Å². The van der Waals surface area contributed by atoms with E-state index in [-0.39, 0.29) is 0 Å². The zero-order valence-electron chi connectivity index (χ0n) is 10.0. The van der Waals surface area contributed by atoms with E-state index in [1.807, 2.05) is 26.0 Å². The van der Waals surface area contributed by atoms with E-state index < -0.39 is 0 Å². The Morgan fingerprint density at radius 1 is 1.38 bits per heavy atom. The third kappa shape index (κ3) is 1.71. The van der Waals surface area contributed by atoms with Crippen molar-refractivity contribution >= 4 is 33.3 Å². The molecule has 2 aromatic heterocycles. The van der Waals surface area contributed by atoms with E-state index in [1.165, 1.54) is 10.3 Å². The summed E-state index contributed by atoms with van der Waals surface area (Å²) in [4.78, 5) is 11.0. The second-order valence-electron chi connectivity index (χ2n) is 3.81. The number of nitrogens with one attached hydrogen (secondary N) is 1. The summed E-state index contributed by atoms with van der Waals surface area (Å²) in [7, 11) is 5.86. The molecule has 0 bridgehead atoms. The number of hydrogen-bond donors (Lipinski definition) is 1. The first-order valence-corrected chi connectivity index (χ1v) is 6.18. The molecule has 0 aromatic carbocycles. The molecule has 0 unspecified atom stereocenters. The minimum Gasteiger partial charge on any atom is -0.361 e. The van der Waals surface area contributed by atoms with Crippen molar-refractivity contribution in [1.29, 1.82) is 0 Å². The maximum atomic E-state index is 4.53. The van der Waals surface area contributed by atoms with Gasteiger partial charge >= 0.3 is 0 Å². The van der Waals surface area contributed by atoms with Crippen molar-refractivity contribution in [1.82, 2.24) is 9.97 Å². The van der Waals surface area contributed by atoms with Crippen LogP contribution in [0.3, 0.4) is 0 Å². The maximum Gasteiger partial charge on any atom is 0.225 e. The van der Waals surface area contributed by atoms with E-state index in [2.05, 4.69) is 27.6 Å². The van der Waals surface area contributed by atoms with Crippen molar-refractivity contribution in [2.24, 2.45) is 0 Å². The molecule has 0 radical (unpaired) electrons. The number of anilines is 2. The Morgan fingerprint density at radius 2 is 2.12 bits per heavy atom. The van der Waals surface area contributed by atoms with Crippen LogP contribution in [0, 0.1) is 0 Å². The zero-order chi connectivity index (χ0) is 11.7. The first kappa shape index (κ1) is 11.1. The standard InChI is InChI=1S/C11H16N4S/c1-5-7-6-16-9-8(7)13-11(12-2)14-10(9)15(3)4/h6H,5H2,1-4H3,(H,12,13,14). The Labute approximate surface area is 99.3 Å². The van der Waals surface area contributed by atoms with Crippen LogP contribution in [0.2, 0.25) is 0 Å². The number of fused-ring (bicyclic) bond motifs is 1. The molecule has 0 fully saturated rings. The van der Waals surface area contributed by atoms with Crippen molar-refractivity contribution in [3.05, 3.63) is 10.9 Å². The van der Waals surface area contributed by atoms with Crippen LogP contribution in [0.25, 0.3) is 10.2 Å². The predicted molar refractivity (Wildman–Crippen MR) is 70.7 cm³/mol. The number of aromatic nitrogens is 2. The van der Waals surface area contributed by atoms with Crippen LogP contribution in [-0.2, 0) is 6.42 Å². The van der Waals surface area contributed by atoms with E-state index >= 15 is 0 Å². The average molecular weight is 236 g/mol. The molecule has 0 saturated carbocycles. The highest BCUT2D eigenvalue weighted by atomic mass is 32.1. The minimum absolute atomic E-state index is 0.685. The normalized spacial score (nSPS) is 10.8. The third-order valence-electron chi connectivity index (χ3n) is 2.50. The lowest BCUT2D eigenvalue weighted by Crippen LogP contribution is -2.12. The molecule has 2 rings (SSSR count). The van der Waals surface area contributed by atoms with Gasteiger partial charge in [0, 0.05) is 21.1 Å². The van der Waals surface area contributed by atoms with Gasteiger partial charge < -0.3 is 10.2 Å². The highest BCUT2D eigenvalue weighted by molar-refractivity contribution is 7.18. The topological polar surface area (TPSA) is 41.1 Å². The maximum absolute atomic E-state index is 4.53. The minimum atomic E-state index is 0.685. The van der Waals surface area contributed by atoms with Crippen molar-refractivity contribution in [2.75, 3.05) is 31.4 Å². The van der Waals surface area contributed by atoms with E-state index in [0.717, 1.165) is 17.8 Å². The molecule has 86 valence electrons. The van der Waals surface area contributed by atoms with Crippen LogP contribution in [0.5, 0.6) is 0 Å². The number of thiophene rings is 1. The van der Waals surface area contributed by atoms with Crippen molar-refractivity contribution in [3.63, 3.8) is 0 Å². The fourth-order valence-corrected chi connectivity index (χ4v) is 2.78. The van der Waals surface area contributed by atoms with Gasteiger partial charge in [0.15, 0.2) is 5.82 Å². The Morgan fingerprint density at radius 3 is 2.69 bits per heavy atom. The summed E-state index contributed by atoms with van der Waals surface area (Å²) < 4.78 is 1.17. The van der Waals surface area contributed by atoms with Gasteiger partial charge in [0.05, 0.1) is 10.2 Å². The lowest BCUT2D eigenvalue weighted by molar-refractivity contribution is 1.06. The summed E-state index contributed by atoms with van der Waals surface area (Å²) in [6, 6.07) is 0. The summed E-state index contributed by atoms with van der Waals surface area (Å²) in [6.45, 7) is 2.15. The molecule has 0 spiro atoms. The van der Waals surface area contributed by atoms with Crippen LogP contribution in [0.15, 0.2) is 5.38 Å². The molecule has 4 nitrogen and oxygen atoms in total. The third-order valence-corrected chi connectivity index (χ3v) is 3.51. The number of nitrogens with zero attached hydrogens (tertiary/aromatic N) is 3. The van der Waals surface area contributed by atoms with Gasteiger partial charge in [-0.25, -0.2) is 4.98 Å². The summed E-state index contributed by atoms with van der Waals surface area (Å²) in [5.74, 6) is 1.67. The van der Waals surface area contributed by atoms with Gasteiger partial charge in [-0.2, -0.15) is 4.98 Å². The highest BCUT2D eigenvalue weighted by Crippen LogP contribution is 2.32. The van der Waals surface area contributed by atoms with E-state index in [1.54, 1.807) is 11.3 Å². The highest BCUT2D eigenvalue weighted by Gasteiger charge is 2.13. The molecule has 0 atom stereocenters. The zero-order valence-corrected chi connectivity index (χ0v) is 10.9. The monoisotopic (exact) mass is 236 g/mol. The Kier molecular flexibility index (Phi) is 2.96. The second kappa shape index (κ2) is 4.25. The second-order valence-corrected chi connectivity index (χ2v) is 4.69. The molecule has 0 saturated heterocycles. The average Bonchev–Trinajstić information content (AvgIpc) is 2.69. The number of hydrogen-bond acceptors (Lipinski definition) is 5. The van der Waals surface area contributed by atoms with Crippen LogP contribution in [-0.4, -0.2) is 31.1 Å². The van der Waals surface area contributed by atoms with Gasteiger partial charge in [0.1, 0.15) is 0 Å². The van der Waals surface area contributed by atoms with Gasteiger partial charge in [0.25, 0.3) is 0 Å². The smallest absolute Gasteiger partial charge is 0.225 e. The van der Waals surface area contributed by atoms with Gasteiger partial charge in [0.2, 0.25) is 5.95 Å². The molecule has 2 aromatic rings. The van der Waals surface area contributed by atoms with Crippen LogP contribution < -0.4 is 10.2 Å². The summed E-state index contributed by atoms with van der Waals surface area (Å²) in [6.07, 6.45) is 1.01. The molecule has 1 N–H and O–H groups in total. The largest absolute Gasteiger partial charge is 0.361 e. The van der Waals surface area contributed by atoms with E-state index in [4.69, 9.17) is 0 Å². The van der Waals surface area contributed by atoms with Crippen molar-refractivity contribution in [2.45, 2.75) is 13.3 Å². The lowest BCUT2D eigenvalue weighted by Gasteiger charge is -2.13. The van der Waals surface area contributed by atoms with Crippen LogP contribution >= 0.6 is 11.3 Å². The first-order chi connectivity index (χ1) is 7.67. The van der Waals surface area contributed by atoms with E-state index in [9.17, 15) is 0 Å². The molecule has 0 aliphatic carbocycles. The molecule has 5 heteroatoms. The molecular formula is C11H16N4S. The van der Waals surface area contributed by atoms with Crippen LogP contribution in [0.4, 0.5) is 11.8 Å². The molecule has 2 heterocycles. The summed E-state index contributed by atoms with van der Waals surface area (Å²) >= 11 is 1.72. The SMILES string of the molecule is CCc1csc2c(N(C)C)nc(NC)nc12. The van der Waals surface area contributed by atoms with Crippen molar-refractivity contribution < 1.29 is 0 Å². The number of aryl methyl sites for hydroxylation is 1. The summed E-state index contributed by atoms with van der Waals surface area (Å²) in [5, 5.41) is 5.18. The van der Waals surface area contributed by atoms with Gasteiger partial charge in [-0.05, 0) is 17.4 Å². The first-order valence-electron chi connectivity index (χ1n) is 5.30. The quantitative estimate of drug-likeness (QED) is 0.888. The molecule has 0 aliphatic rings. The lowest BCUT2D eigenvalue weighted by atomic mass is 10.2. The van der Waals surface area contributed by atoms with Crippen LogP contribution in [0.1, 0.15) is 12.5 Å².